The van der Waals surface area contributed by atoms with Crippen molar-refractivity contribution in [2.75, 3.05) is 0 Å². The van der Waals surface area contributed by atoms with E-state index in [1.54, 1.807) is 0 Å². The molecule has 0 amide bonds. The van der Waals surface area contributed by atoms with Crippen LogP contribution >= 0.6 is 11.8 Å². The smallest absolute Gasteiger partial charge is 0.190 e. The van der Waals surface area contributed by atoms with Crippen LogP contribution in [-0.4, -0.2) is 10.9 Å². The average molecular weight is 172 g/mol. The van der Waals surface area contributed by atoms with E-state index in [4.69, 9.17) is 0 Å². The van der Waals surface area contributed by atoms with Crippen LogP contribution in [0, 0.1) is 5.92 Å². The molecule has 0 atom stereocenters. The monoisotopic (exact) mass is 172 g/mol. The van der Waals surface area contributed by atoms with Crippen molar-refractivity contribution in [2.45, 2.75) is 20.8 Å². The molecular formula is C8H12O2S. The average Bonchev–Trinajstić information content (AvgIpc) is 1.86. The van der Waals surface area contributed by atoms with E-state index in [9.17, 15) is 9.59 Å². The van der Waals surface area contributed by atoms with E-state index in [0.29, 0.717) is 0 Å². The summed E-state index contributed by atoms with van der Waals surface area (Å²) < 4.78 is 0. The fourth-order valence-electron chi connectivity index (χ4n) is 0.389. The largest absolute Gasteiger partial charge is 0.295 e. The van der Waals surface area contributed by atoms with Gasteiger partial charge in [-0.05, 0) is 11.5 Å². The van der Waals surface area contributed by atoms with Gasteiger partial charge in [-0.25, -0.2) is 0 Å². The third-order valence-corrected chi connectivity index (χ3v) is 1.64. The van der Waals surface area contributed by atoms with Crippen molar-refractivity contribution < 1.29 is 9.59 Å². The summed E-state index contributed by atoms with van der Waals surface area (Å²) in [6, 6.07) is 0. The Morgan fingerprint density at radius 3 is 2.27 bits per heavy atom. The fraction of sp³-hybridized carbons (Fsp3) is 0.500. The normalized spacial score (nSPS) is 10.9. The molecule has 0 aliphatic heterocycles. The van der Waals surface area contributed by atoms with Gasteiger partial charge in [-0.1, -0.05) is 25.6 Å². The van der Waals surface area contributed by atoms with E-state index in [2.05, 4.69) is 0 Å². The molecule has 0 saturated carbocycles. The van der Waals surface area contributed by atoms with Gasteiger partial charge in [-0.3, -0.25) is 9.59 Å². The summed E-state index contributed by atoms with van der Waals surface area (Å²) in [5.41, 5.74) is 0. The molecule has 3 heteroatoms. The first-order chi connectivity index (χ1) is 5.04. The number of hydrogen-bond donors (Lipinski definition) is 0. The summed E-state index contributed by atoms with van der Waals surface area (Å²) in [5, 5.41) is 1.53. The van der Waals surface area contributed by atoms with Gasteiger partial charge in [0.2, 0.25) is 0 Å². The summed E-state index contributed by atoms with van der Waals surface area (Å²) in [5.74, 6) is 0.0672. The van der Waals surface area contributed by atoms with Crippen LogP contribution in [0.4, 0.5) is 0 Å². The Morgan fingerprint density at radius 1 is 1.36 bits per heavy atom. The van der Waals surface area contributed by atoms with Crippen molar-refractivity contribution in [3.8, 4) is 0 Å². The highest BCUT2D eigenvalue weighted by atomic mass is 32.2. The number of carbonyl (C=O) groups is 2. The molecule has 11 heavy (non-hydrogen) atoms. The number of thioether (sulfide) groups is 1. The maximum atomic E-state index is 10.9. The molecule has 0 radical (unpaired) electrons. The van der Waals surface area contributed by atoms with Crippen molar-refractivity contribution in [1.82, 2.24) is 0 Å². The Hall–Kier alpha value is -0.570. The van der Waals surface area contributed by atoms with Gasteiger partial charge < -0.3 is 0 Å². The van der Waals surface area contributed by atoms with Crippen LogP contribution in [-0.2, 0) is 9.59 Å². The van der Waals surface area contributed by atoms with E-state index in [1.165, 1.54) is 18.4 Å². The quantitative estimate of drug-likeness (QED) is 0.611. The second kappa shape index (κ2) is 5.13. The third-order valence-electron chi connectivity index (χ3n) is 1.04. The van der Waals surface area contributed by atoms with E-state index in [-0.39, 0.29) is 16.8 Å². The van der Waals surface area contributed by atoms with Gasteiger partial charge in [0, 0.05) is 12.8 Å². The van der Waals surface area contributed by atoms with Gasteiger partial charge in [0.25, 0.3) is 0 Å². The van der Waals surface area contributed by atoms with Gasteiger partial charge in [-0.2, -0.15) is 0 Å². The number of allylic oxidation sites excluding steroid dienone is 1. The Kier molecular flexibility index (Phi) is 4.86. The minimum atomic E-state index is -0.00203. The zero-order valence-electron chi connectivity index (χ0n) is 6.96. The molecule has 0 fully saturated rings. The lowest BCUT2D eigenvalue weighted by atomic mass is 10.1. The van der Waals surface area contributed by atoms with E-state index in [1.807, 2.05) is 13.8 Å². The Bertz CT molecular complexity index is 183. The summed E-state index contributed by atoms with van der Waals surface area (Å²) in [7, 11) is 0. The molecule has 0 unspecified atom stereocenters. The van der Waals surface area contributed by atoms with Crippen molar-refractivity contribution >= 4 is 22.7 Å². The van der Waals surface area contributed by atoms with Crippen LogP contribution < -0.4 is 0 Å². The molecule has 0 N–H and O–H groups in total. The number of hydrogen-bond acceptors (Lipinski definition) is 3. The number of carbonyl (C=O) groups excluding carboxylic acids is 2. The number of rotatable bonds is 3. The maximum Gasteiger partial charge on any atom is 0.190 e. The molecule has 0 spiro atoms. The molecule has 0 saturated heterocycles. The minimum absolute atomic E-state index is 0.00203. The first-order valence-corrected chi connectivity index (χ1v) is 4.29. The van der Waals surface area contributed by atoms with Crippen LogP contribution in [0.5, 0.6) is 0 Å². The van der Waals surface area contributed by atoms with Crippen molar-refractivity contribution in [3.05, 3.63) is 11.5 Å². The zero-order valence-corrected chi connectivity index (χ0v) is 7.77. The van der Waals surface area contributed by atoms with Gasteiger partial charge in [0.15, 0.2) is 10.9 Å². The molecule has 0 aromatic heterocycles. The molecular weight excluding hydrogens is 160 g/mol. The van der Waals surface area contributed by atoms with Crippen LogP contribution in [0.15, 0.2) is 11.5 Å². The Morgan fingerprint density at radius 2 is 1.91 bits per heavy atom. The molecule has 0 aliphatic carbocycles. The van der Waals surface area contributed by atoms with E-state index < -0.39 is 0 Å². The lowest BCUT2D eigenvalue weighted by molar-refractivity contribution is -0.117. The van der Waals surface area contributed by atoms with Gasteiger partial charge >= 0.3 is 0 Å². The summed E-state index contributed by atoms with van der Waals surface area (Å²) >= 11 is 1.04. The first-order valence-electron chi connectivity index (χ1n) is 3.41. The summed E-state index contributed by atoms with van der Waals surface area (Å²) in [6.45, 7) is 5.12. The molecule has 0 rings (SSSR count). The molecule has 62 valence electrons. The predicted octanol–water partition coefficient (Wildman–Crippen LogP) is 2.00. The molecule has 0 aliphatic rings. The highest BCUT2D eigenvalue weighted by molar-refractivity contribution is 8.16. The second-order valence-electron chi connectivity index (χ2n) is 2.47. The Balaban J connectivity index is 3.75. The highest BCUT2D eigenvalue weighted by Gasteiger charge is 2.01. The molecule has 0 aromatic carbocycles. The standard InChI is InChI=1S/C8H12O2S/c1-6(2)8(10)4-5-11-7(3)9/h4-6H,1-3H3/b5-4+. The highest BCUT2D eigenvalue weighted by Crippen LogP contribution is 2.04. The molecule has 0 bridgehead atoms. The maximum absolute atomic E-state index is 10.9. The minimum Gasteiger partial charge on any atom is -0.295 e. The SMILES string of the molecule is CC(=O)S/C=C/C(=O)C(C)C. The first kappa shape index (κ1) is 10.4. The van der Waals surface area contributed by atoms with Crippen molar-refractivity contribution in [1.29, 1.82) is 0 Å². The lowest BCUT2D eigenvalue weighted by Crippen LogP contribution is -2.01. The summed E-state index contributed by atoms with van der Waals surface area (Å²) in [4.78, 5) is 21.3. The van der Waals surface area contributed by atoms with Crippen LogP contribution in [0.3, 0.4) is 0 Å². The fourth-order valence-corrected chi connectivity index (χ4v) is 0.783. The lowest BCUT2D eigenvalue weighted by Gasteiger charge is -1.94. The van der Waals surface area contributed by atoms with E-state index in [0.717, 1.165) is 11.8 Å². The van der Waals surface area contributed by atoms with Gasteiger partial charge in [0.1, 0.15) is 0 Å². The predicted molar refractivity (Wildman–Crippen MR) is 47.3 cm³/mol. The topological polar surface area (TPSA) is 34.1 Å². The van der Waals surface area contributed by atoms with Crippen molar-refractivity contribution in [3.63, 3.8) is 0 Å². The van der Waals surface area contributed by atoms with Crippen molar-refractivity contribution in [2.24, 2.45) is 5.92 Å². The third kappa shape index (κ3) is 5.85. The molecule has 0 heterocycles. The van der Waals surface area contributed by atoms with E-state index >= 15 is 0 Å². The molecule has 2 nitrogen and oxygen atoms in total. The zero-order chi connectivity index (χ0) is 8.85. The Labute approximate surface area is 71.1 Å². The van der Waals surface area contributed by atoms with Gasteiger partial charge in [-0.15, -0.1) is 0 Å². The van der Waals surface area contributed by atoms with Gasteiger partial charge in [0.05, 0.1) is 0 Å². The van der Waals surface area contributed by atoms with Crippen LogP contribution in [0.1, 0.15) is 20.8 Å². The summed E-state index contributed by atoms with van der Waals surface area (Å²) in [6.07, 6.45) is 1.44. The van der Waals surface area contributed by atoms with Crippen LogP contribution in [0.25, 0.3) is 0 Å². The number of ketones is 1. The second-order valence-corrected chi connectivity index (χ2v) is 3.55. The molecule has 0 aromatic rings. The van der Waals surface area contributed by atoms with Crippen LogP contribution in [0.2, 0.25) is 0 Å².